The van der Waals surface area contributed by atoms with Gasteiger partial charge in [0.05, 0.1) is 0 Å². The molecule has 1 aliphatic rings. The van der Waals surface area contributed by atoms with Crippen LogP contribution in [-0.2, 0) is 0 Å². The lowest BCUT2D eigenvalue weighted by atomic mass is 10.2. The minimum atomic E-state index is -2.89. The summed E-state index contributed by atoms with van der Waals surface area (Å²) in [5.41, 5.74) is 0.316. The van der Waals surface area contributed by atoms with Gasteiger partial charge in [0, 0.05) is 18.2 Å². The van der Waals surface area contributed by atoms with E-state index in [-0.39, 0.29) is 24.1 Å². The molecule has 1 saturated heterocycles. The maximum absolute atomic E-state index is 12.1. The third kappa shape index (κ3) is 4.94. The molecular formula is C13H17ClF2N2O2. The normalized spacial score (nSPS) is 17.6. The number of hydrogen-bond acceptors (Lipinski definition) is 3. The van der Waals surface area contributed by atoms with Gasteiger partial charge < -0.3 is 15.4 Å². The minimum absolute atomic E-state index is 0. The summed E-state index contributed by atoms with van der Waals surface area (Å²) in [6, 6.07) is 6.07. The van der Waals surface area contributed by atoms with E-state index in [0.29, 0.717) is 18.2 Å². The molecule has 7 heteroatoms. The molecule has 0 saturated carbocycles. The van der Waals surface area contributed by atoms with Crippen molar-refractivity contribution in [3.63, 3.8) is 0 Å². The van der Waals surface area contributed by atoms with E-state index < -0.39 is 6.61 Å². The molecule has 112 valence electrons. The van der Waals surface area contributed by atoms with E-state index in [0.717, 1.165) is 19.4 Å². The van der Waals surface area contributed by atoms with Crippen molar-refractivity contribution in [1.82, 2.24) is 10.6 Å². The molecule has 1 aromatic carbocycles. The first-order valence-electron chi connectivity index (χ1n) is 6.21. The van der Waals surface area contributed by atoms with Crippen molar-refractivity contribution in [3.8, 4) is 5.75 Å². The highest BCUT2D eigenvalue weighted by Crippen LogP contribution is 2.16. The second kappa shape index (κ2) is 8.01. The highest BCUT2D eigenvalue weighted by atomic mass is 35.5. The van der Waals surface area contributed by atoms with Crippen molar-refractivity contribution in [3.05, 3.63) is 29.8 Å². The zero-order valence-corrected chi connectivity index (χ0v) is 11.6. The molecule has 1 aromatic rings. The Morgan fingerprint density at radius 2 is 2.30 bits per heavy atom. The Balaban J connectivity index is 0.00000200. The average Bonchev–Trinajstić information content (AvgIpc) is 2.88. The predicted octanol–water partition coefficient (Wildman–Crippen LogP) is 2.19. The molecule has 0 aliphatic carbocycles. The summed E-state index contributed by atoms with van der Waals surface area (Å²) in [4.78, 5) is 11.9. The van der Waals surface area contributed by atoms with Gasteiger partial charge in [-0.1, -0.05) is 6.07 Å². The fourth-order valence-corrected chi connectivity index (χ4v) is 2.06. The van der Waals surface area contributed by atoms with Crippen LogP contribution in [-0.4, -0.2) is 31.7 Å². The van der Waals surface area contributed by atoms with E-state index in [9.17, 15) is 13.6 Å². The molecule has 4 nitrogen and oxygen atoms in total. The van der Waals surface area contributed by atoms with Gasteiger partial charge in [0.1, 0.15) is 5.75 Å². The SMILES string of the molecule is Cl.O=C(NCC1CCCN1)c1cccc(OC(F)F)c1. The molecule has 0 aromatic heterocycles. The van der Waals surface area contributed by atoms with Crippen LogP contribution in [0, 0.1) is 0 Å². The van der Waals surface area contributed by atoms with Crippen LogP contribution in [0.1, 0.15) is 23.2 Å². The second-order valence-corrected chi connectivity index (χ2v) is 4.41. The van der Waals surface area contributed by atoms with Gasteiger partial charge >= 0.3 is 6.61 Å². The molecule has 1 heterocycles. The minimum Gasteiger partial charge on any atom is -0.435 e. The molecule has 0 spiro atoms. The highest BCUT2D eigenvalue weighted by Gasteiger charge is 2.15. The number of nitrogens with one attached hydrogen (secondary N) is 2. The number of benzene rings is 1. The van der Waals surface area contributed by atoms with Crippen molar-refractivity contribution >= 4 is 18.3 Å². The fourth-order valence-electron chi connectivity index (χ4n) is 2.06. The largest absolute Gasteiger partial charge is 0.435 e. The lowest BCUT2D eigenvalue weighted by Gasteiger charge is -2.12. The van der Waals surface area contributed by atoms with Crippen LogP contribution in [0.15, 0.2) is 24.3 Å². The zero-order valence-electron chi connectivity index (χ0n) is 10.8. The number of alkyl halides is 2. The molecule has 0 radical (unpaired) electrons. The maximum Gasteiger partial charge on any atom is 0.387 e. The van der Waals surface area contributed by atoms with Crippen molar-refractivity contribution < 1.29 is 18.3 Å². The van der Waals surface area contributed by atoms with E-state index in [1.54, 1.807) is 6.07 Å². The van der Waals surface area contributed by atoms with E-state index in [4.69, 9.17) is 0 Å². The van der Waals surface area contributed by atoms with Crippen molar-refractivity contribution in [2.75, 3.05) is 13.1 Å². The van der Waals surface area contributed by atoms with E-state index in [1.165, 1.54) is 18.2 Å². The fraction of sp³-hybridized carbons (Fsp3) is 0.462. The molecule has 1 unspecified atom stereocenters. The first-order chi connectivity index (χ1) is 9.15. The van der Waals surface area contributed by atoms with E-state index in [1.807, 2.05) is 0 Å². The number of hydrogen-bond donors (Lipinski definition) is 2. The molecular weight excluding hydrogens is 290 g/mol. The van der Waals surface area contributed by atoms with Gasteiger partial charge in [-0.15, -0.1) is 12.4 Å². The standard InChI is InChI=1S/C13H16F2N2O2.ClH/c14-13(15)19-11-5-1-3-9(7-11)12(18)17-8-10-4-2-6-16-10;/h1,3,5,7,10,13,16H,2,4,6,8H2,(H,17,18);1H. The van der Waals surface area contributed by atoms with Crippen LogP contribution in [0.4, 0.5) is 8.78 Å². The first kappa shape index (κ1) is 16.7. The number of ether oxygens (including phenoxy) is 1. The van der Waals surface area contributed by atoms with Gasteiger partial charge in [-0.05, 0) is 37.6 Å². The number of halogens is 3. The lowest BCUT2D eigenvalue weighted by Crippen LogP contribution is -2.37. The van der Waals surface area contributed by atoms with Gasteiger partial charge in [-0.2, -0.15) is 8.78 Å². The van der Waals surface area contributed by atoms with E-state index >= 15 is 0 Å². The summed E-state index contributed by atoms with van der Waals surface area (Å²) in [7, 11) is 0. The molecule has 1 aliphatic heterocycles. The van der Waals surface area contributed by atoms with Gasteiger partial charge in [-0.3, -0.25) is 4.79 Å². The summed E-state index contributed by atoms with van der Waals surface area (Å²) in [5.74, 6) is -0.296. The van der Waals surface area contributed by atoms with Crippen LogP contribution in [0.2, 0.25) is 0 Å². The van der Waals surface area contributed by atoms with Gasteiger partial charge in [0.25, 0.3) is 5.91 Å². The molecule has 1 amide bonds. The van der Waals surface area contributed by atoms with Gasteiger partial charge in [0.2, 0.25) is 0 Å². The van der Waals surface area contributed by atoms with Crippen LogP contribution in [0.5, 0.6) is 5.75 Å². The molecule has 1 fully saturated rings. The summed E-state index contributed by atoms with van der Waals surface area (Å²) >= 11 is 0. The Hall–Kier alpha value is -1.40. The van der Waals surface area contributed by atoms with Crippen LogP contribution >= 0.6 is 12.4 Å². The Kier molecular flexibility index (Phi) is 6.67. The number of amides is 1. The lowest BCUT2D eigenvalue weighted by molar-refractivity contribution is -0.0498. The highest BCUT2D eigenvalue weighted by molar-refractivity contribution is 5.94. The molecule has 0 bridgehead atoms. The summed E-state index contributed by atoms with van der Waals surface area (Å²) in [6.45, 7) is -1.38. The Bertz CT molecular complexity index is 440. The van der Waals surface area contributed by atoms with Crippen molar-refractivity contribution in [2.24, 2.45) is 0 Å². The average molecular weight is 307 g/mol. The third-order valence-electron chi connectivity index (χ3n) is 2.99. The number of carbonyl (C=O) groups is 1. The Morgan fingerprint density at radius 1 is 1.50 bits per heavy atom. The quantitative estimate of drug-likeness (QED) is 0.877. The van der Waals surface area contributed by atoms with Crippen molar-refractivity contribution in [1.29, 1.82) is 0 Å². The Labute approximate surface area is 122 Å². The number of rotatable bonds is 5. The smallest absolute Gasteiger partial charge is 0.387 e. The Morgan fingerprint density at radius 3 is 2.95 bits per heavy atom. The van der Waals surface area contributed by atoms with Crippen molar-refractivity contribution in [2.45, 2.75) is 25.5 Å². The monoisotopic (exact) mass is 306 g/mol. The molecule has 2 rings (SSSR count). The molecule has 1 atom stereocenters. The maximum atomic E-state index is 12.1. The van der Waals surface area contributed by atoms with Crippen LogP contribution in [0.25, 0.3) is 0 Å². The number of carbonyl (C=O) groups excluding carboxylic acids is 1. The zero-order chi connectivity index (χ0) is 13.7. The molecule has 20 heavy (non-hydrogen) atoms. The molecule has 2 N–H and O–H groups in total. The second-order valence-electron chi connectivity index (χ2n) is 4.41. The van der Waals surface area contributed by atoms with Crippen LogP contribution < -0.4 is 15.4 Å². The van der Waals surface area contributed by atoms with Gasteiger partial charge in [0.15, 0.2) is 0 Å². The third-order valence-corrected chi connectivity index (χ3v) is 2.99. The summed E-state index contributed by atoms with van der Waals surface area (Å²) in [6.07, 6.45) is 2.15. The van der Waals surface area contributed by atoms with Gasteiger partial charge in [-0.25, -0.2) is 0 Å². The first-order valence-corrected chi connectivity index (χ1v) is 6.21. The summed E-state index contributed by atoms with van der Waals surface area (Å²) in [5, 5.41) is 6.04. The van der Waals surface area contributed by atoms with Crippen LogP contribution in [0.3, 0.4) is 0 Å². The summed E-state index contributed by atoms with van der Waals surface area (Å²) < 4.78 is 28.4. The predicted molar refractivity (Wildman–Crippen MR) is 73.7 cm³/mol. The van der Waals surface area contributed by atoms with E-state index in [2.05, 4.69) is 15.4 Å². The topological polar surface area (TPSA) is 50.4 Å².